The third kappa shape index (κ3) is 3.06. The Labute approximate surface area is 118 Å². The summed E-state index contributed by atoms with van der Waals surface area (Å²) >= 11 is 0. The number of carbonyl (C=O) groups is 1. The fourth-order valence-electron chi connectivity index (χ4n) is 1.99. The average Bonchev–Trinajstić information content (AvgIpc) is 2.53. The van der Waals surface area contributed by atoms with E-state index in [9.17, 15) is 4.79 Å². The fourth-order valence-corrected chi connectivity index (χ4v) is 1.99. The van der Waals surface area contributed by atoms with Gasteiger partial charge in [-0.1, -0.05) is 24.3 Å². The first-order valence-corrected chi connectivity index (χ1v) is 6.23. The Bertz CT molecular complexity index is 612. The van der Waals surface area contributed by atoms with Gasteiger partial charge in [0.1, 0.15) is 17.8 Å². The van der Waals surface area contributed by atoms with Gasteiger partial charge in [0, 0.05) is 0 Å². The molecule has 0 heterocycles. The molecule has 0 saturated heterocycles. The Kier molecular flexibility index (Phi) is 4.56. The van der Waals surface area contributed by atoms with Crippen LogP contribution in [0.1, 0.15) is 11.1 Å². The predicted molar refractivity (Wildman–Crippen MR) is 79.1 cm³/mol. The fraction of sp³-hybridized carbons (Fsp3) is 0.118. The lowest BCUT2D eigenvalue weighted by atomic mass is 9.97. The zero-order valence-electron chi connectivity index (χ0n) is 11.5. The first kappa shape index (κ1) is 13.9. The summed E-state index contributed by atoms with van der Waals surface area (Å²) in [5.74, 6) is 1.54. The lowest BCUT2D eigenvalue weighted by molar-refractivity contribution is -0.104. The second kappa shape index (κ2) is 6.57. The van der Waals surface area contributed by atoms with E-state index in [4.69, 9.17) is 9.47 Å². The number of hydrogen-bond donors (Lipinski definition) is 0. The number of rotatable bonds is 5. The van der Waals surface area contributed by atoms with Gasteiger partial charge < -0.3 is 9.47 Å². The molecule has 102 valence electrons. The second-order valence-electron chi connectivity index (χ2n) is 4.18. The van der Waals surface area contributed by atoms with Crippen LogP contribution in [0.4, 0.5) is 0 Å². The van der Waals surface area contributed by atoms with Crippen LogP contribution in [0.25, 0.3) is 5.57 Å². The Morgan fingerprint density at radius 2 is 1.60 bits per heavy atom. The van der Waals surface area contributed by atoms with Gasteiger partial charge in [0.25, 0.3) is 0 Å². The van der Waals surface area contributed by atoms with Crippen LogP contribution in [-0.2, 0) is 4.79 Å². The van der Waals surface area contributed by atoms with Crippen molar-refractivity contribution in [2.24, 2.45) is 0 Å². The van der Waals surface area contributed by atoms with Crippen LogP contribution in [0.3, 0.4) is 0 Å². The van der Waals surface area contributed by atoms with E-state index in [1.165, 1.54) is 0 Å². The number of carbonyl (C=O) groups excluding carboxylic acids is 1. The summed E-state index contributed by atoms with van der Waals surface area (Å²) in [6, 6.07) is 15.2. The van der Waals surface area contributed by atoms with Crippen molar-refractivity contribution in [2.75, 3.05) is 14.2 Å². The summed E-state index contributed by atoms with van der Waals surface area (Å²) in [7, 11) is 3.24. The maximum atomic E-state index is 10.9. The van der Waals surface area contributed by atoms with Crippen LogP contribution >= 0.6 is 0 Å². The van der Waals surface area contributed by atoms with E-state index >= 15 is 0 Å². The molecule has 2 rings (SSSR count). The molecule has 3 heteroatoms. The van der Waals surface area contributed by atoms with Crippen LogP contribution in [0.5, 0.6) is 11.5 Å². The highest BCUT2D eigenvalue weighted by Crippen LogP contribution is 2.27. The smallest absolute Gasteiger partial charge is 0.143 e. The summed E-state index contributed by atoms with van der Waals surface area (Å²) in [5.41, 5.74) is 2.73. The Hall–Kier alpha value is -2.55. The van der Waals surface area contributed by atoms with Crippen molar-refractivity contribution in [1.29, 1.82) is 0 Å². The molecule has 0 saturated carbocycles. The maximum Gasteiger partial charge on any atom is 0.143 e. The van der Waals surface area contributed by atoms with Crippen LogP contribution in [0, 0.1) is 0 Å². The lowest BCUT2D eigenvalue weighted by Crippen LogP contribution is -1.91. The van der Waals surface area contributed by atoms with E-state index in [2.05, 4.69) is 0 Å². The van der Waals surface area contributed by atoms with E-state index < -0.39 is 0 Å². The number of allylic oxidation sites excluding steroid dienone is 1. The molecule has 0 aromatic heterocycles. The lowest BCUT2D eigenvalue weighted by Gasteiger charge is -2.10. The van der Waals surface area contributed by atoms with Crippen LogP contribution < -0.4 is 9.47 Å². The zero-order chi connectivity index (χ0) is 14.4. The normalized spacial score (nSPS) is 11.0. The minimum Gasteiger partial charge on any atom is -0.497 e. The summed E-state index contributed by atoms with van der Waals surface area (Å²) in [4.78, 5) is 10.9. The van der Waals surface area contributed by atoms with Gasteiger partial charge in [0.15, 0.2) is 0 Å². The highest BCUT2D eigenvalue weighted by atomic mass is 16.5. The van der Waals surface area contributed by atoms with E-state index in [-0.39, 0.29) is 0 Å². The number of ether oxygens (including phenoxy) is 2. The molecule has 3 nitrogen and oxygen atoms in total. The van der Waals surface area contributed by atoms with E-state index in [0.29, 0.717) is 0 Å². The van der Waals surface area contributed by atoms with Gasteiger partial charge in [-0.05, 0) is 47.0 Å². The molecule has 0 aliphatic carbocycles. The number of aldehydes is 1. The highest BCUT2D eigenvalue weighted by Gasteiger charge is 2.06. The molecule has 0 bridgehead atoms. The van der Waals surface area contributed by atoms with E-state index in [0.717, 1.165) is 34.5 Å². The first-order chi connectivity index (χ1) is 9.78. The van der Waals surface area contributed by atoms with Crippen LogP contribution in [0.15, 0.2) is 54.6 Å². The minimum absolute atomic E-state index is 0.757. The Morgan fingerprint density at radius 1 is 0.900 bits per heavy atom. The van der Waals surface area contributed by atoms with Crippen LogP contribution in [0.2, 0.25) is 0 Å². The molecule has 0 fully saturated rings. The summed E-state index contributed by atoms with van der Waals surface area (Å²) in [6.45, 7) is 0. The van der Waals surface area contributed by atoms with Crippen molar-refractivity contribution in [3.8, 4) is 11.5 Å². The average molecular weight is 268 g/mol. The van der Waals surface area contributed by atoms with E-state index in [1.807, 2.05) is 48.5 Å². The van der Waals surface area contributed by atoms with Crippen molar-refractivity contribution < 1.29 is 14.3 Å². The Morgan fingerprint density at radius 3 is 2.20 bits per heavy atom. The molecular formula is C17H16O3. The molecule has 0 spiro atoms. The maximum absolute atomic E-state index is 10.9. The molecule has 0 amide bonds. The predicted octanol–water partition coefficient (Wildman–Crippen LogP) is 3.33. The largest absolute Gasteiger partial charge is 0.497 e. The van der Waals surface area contributed by atoms with Crippen molar-refractivity contribution in [1.82, 2.24) is 0 Å². The van der Waals surface area contributed by atoms with Gasteiger partial charge in [-0.3, -0.25) is 4.79 Å². The SMILES string of the molecule is COc1ccc(/C(=C/C=O)c2cccc(OC)c2)cc1. The topological polar surface area (TPSA) is 35.5 Å². The molecular weight excluding hydrogens is 252 g/mol. The number of benzene rings is 2. The molecule has 0 atom stereocenters. The summed E-state index contributed by atoms with van der Waals surface area (Å²) in [6.07, 6.45) is 2.34. The monoisotopic (exact) mass is 268 g/mol. The Balaban J connectivity index is 2.44. The van der Waals surface area contributed by atoms with Crippen LogP contribution in [-0.4, -0.2) is 20.5 Å². The molecule has 0 aliphatic rings. The minimum atomic E-state index is 0.757. The van der Waals surface area contributed by atoms with E-state index in [1.54, 1.807) is 20.3 Å². The second-order valence-corrected chi connectivity index (χ2v) is 4.18. The number of hydrogen-bond acceptors (Lipinski definition) is 3. The zero-order valence-corrected chi connectivity index (χ0v) is 11.5. The van der Waals surface area contributed by atoms with Gasteiger partial charge in [-0.2, -0.15) is 0 Å². The molecule has 20 heavy (non-hydrogen) atoms. The molecule has 2 aromatic carbocycles. The third-order valence-electron chi connectivity index (χ3n) is 3.02. The van der Waals surface area contributed by atoms with Gasteiger partial charge >= 0.3 is 0 Å². The van der Waals surface area contributed by atoms with Crippen molar-refractivity contribution in [3.63, 3.8) is 0 Å². The van der Waals surface area contributed by atoms with Gasteiger partial charge in [0.2, 0.25) is 0 Å². The molecule has 0 aliphatic heterocycles. The standard InChI is InChI=1S/C17H16O3/c1-19-15-8-6-13(7-9-15)17(10-11-18)14-4-3-5-16(12-14)20-2/h3-12H,1-2H3/b17-10-. The quantitative estimate of drug-likeness (QED) is 0.616. The molecule has 0 N–H and O–H groups in total. The third-order valence-corrected chi connectivity index (χ3v) is 3.02. The van der Waals surface area contributed by atoms with Gasteiger partial charge in [-0.25, -0.2) is 0 Å². The summed E-state index contributed by atoms with van der Waals surface area (Å²) in [5, 5.41) is 0. The molecule has 2 aromatic rings. The van der Waals surface area contributed by atoms with Crippen molar-refractivity contribution in [3.05, 3.63) is 65.7 Å². The van der Waals surface area contributed by atoms with Crippen molar-refractivity contribution in [2.45, 2.75) is 0 Å². The number of methoxy groups -OCH3 is 2. The first-order valence-electron chi connectivity index (χ1n) is 6.23. The van der Waals surface area contributed by atoms with Gasteiger partial charge in [0.05, 0.1) is 14.2 Å². The highest BCUT2D eigenvalue weighted by molar-refractivity contribution is 5.90. The van der Waals surface area contributed by atoms with Gasteiger partial charge in [-0.15, -0.1) is 0 Å². The summed E-state index contributed by atoms with van der Waals surface area (Å²) < 4.78 is 10.4. The molecule has 0 unspecified atom stereocenters. The molecule has 0 radical (unpaired) electrons. The van der Waals surface area contributed by atoms with Crippen molar-refractivity contribution >= 4 is 11.9 Å².